The van der Waals surface area contributed by atoms with Crippen LogP contribution >= 0.6 is 15.9 Å². The van der Waals surface area contributed by atoms with Crippen molar-refractivity contribution in [3.63, 3.8) is 0 Å². The molecule has 0 unspecified atom stereocenters. The lowest BCUT2D eigenvalue weighted by Crippen LogP contribution is -2.57. The van der Waals surface area contributed by atoms with E-state index in [1.165, 1.54) is 18.2 Å². The van der Waals surface area contributed by atoms with Gasteiger partial charge in [0, 0.05) is 4.47 Å². The Morgan fingerprint density at radius 2 is 2.10 bits per heavy atom. The minimum atomic E-state index is -0.999. The molecule has 1 aromatic carbocycles. The zero-order valence-electron chi connectivity index (χ0n) is 11.3. The van der Waals surface area contributed by atoms with Crippen molar-refractivity contribution >= 4 is 27.7 Å². The Kier molecular flexibility index (Phi) is 5.50. The third-order valence-electron chi connectivity index (χ3n) is 3.33. The molecule has 0 heterocycles. The monoisotopic (exact) mass is 345 g/mol. The van der Waals surface area contributed by atoms with Gasteiger partial charge in [0.15, 0.2) is 5.84 Å². The van der Waals surface area contributed by atoms with Crippen molar-refractivity contribution in [2.75, 3.05) is 0 Å². The molecule has 1 aromatic rings. The van der Waals surface area contributed by atoms with Gasteiger partial charge in [-0.15, -0.1) is 0 Å². The summed E-state index contributed by atoms with van der Waals surface area (Å²) in [6, 6.07) is 4.08. The second-order valence-corrected chi connectivity index (χ2v) is 5.27. The summed E-state index contributed by atoms with van der Waals surface area (Å²) in [5.74, 6) is -1.35. The number of rotatable bonds is 5. The molecule has 0 aromatic heterocycles. The SMILES string of the molecule is CCC(CC)(NC(=O)c1cc(Br)ccc1F)/C(N)=N/O. The van der Waals surface area contributed by atoms with Gasteiger partial charge < -0.3 is 16.3 Å². The van der Waals surface area contributed by atoms with E-state index in [2.05, 4.69) is 26.4 Å². The van der Waals surface area contributed by atoms with Crippen molar-refractivity contribution in [3.8, 4) is 0 Å². The summed E-state index contributed by atoms with van der Waals surface area (Å²) in [5, 5.41) is 14.5. The average Bonchev–Trinajstić information content (AvgIpc) is 2.46. The summed E-state index contributed by atoms with van der Waals surface area (Å²) in [7, 11) is 0. The lowest BCUT2D eigenvalue weighted by atomic mass is 9.91. The number of hydrogen-bond acceptors (Lipinski definition) is 3. The van der Waals surface area contributed by atoms with Crippen LogP contribution in [-0.2, 0) is 0 Å². The van der Waals surface area contributed by atoms with Gasteiger partial charge in [-0.25, -0.2) is 4.39 Å². The van der Waals surface area contributed by atoms with E-state index >= 15 is 0 Å². The van der Waals surface area contributed by atoms with Crippen molar-refractivity contribution < 1.29 is 14.4 Å². The van der Waals surface area contributed by atoms with Gasteiger partial charge in [0.05, 0.1) is 5.56 Å². The molecule has 0 aliphatic rings. The number of carbonyl (C=O) groups excluding carboxylic acids is 1. The molecule has 0 radical (unpaired) electrons. The molecule has 0 saturated heterocycles. The minimum Gasteiger partial charge on any atom is -0.409 e. The molecule has 0 aliphatic carbocycles. The van der Waals surface area contributed by atoms with E-state index in [9.17, 15) is 9.18 Å². The van der Waals surface area contributed by atoms with Gasteiger partial charge in [0.25, 0.3) is 5.91 Å². The summed E-state index contributed by atoms with van der Waals surface area (Å²) < 4.78 is 14.3. The van der Waals surface area contributed by atoms with E-state index in [0.717, 1.165) is 0 Å². The molecular weight excluding hydrogens is 329 g/mol. The Labute approximate surface area is 125 Å². The predicted octanol–water partition coefficient (Wildman–Crippen LogP) is 2.62. The van der Waals surface area contributed by atoms with E-state index in [4.69, 9.17) is 10.9 Å². The number of amidine groups is 1. The maximum Gasteiger partial charge on any atom is 0.255 e. The van der Waals surface area contributed by atoms with Crippen molar-refractivity contribution in [2.45, 2.75) is 32.2 Å². The quantitative estimate of drug-likeness (QED) is 0.331. The van der Waals surface area contributed by atoms with Gasteiger partial charge in [0.1, 0.15) is 11.4 Å². The number of carbonyl (C=O) groups is 1. The van der Waals surface area contributed by atoms with Gasteiger partial charge in [0.2, 0.25) is 0 Å². The second-order valence-electron chi connectivity index (χ2n) is 4.35. The topological polar surface area (TPSA) is 87.7 Å². The van der Waals surface area contributed by atoms with Crippen LogP contribution in [-0.4, -0.2) is 22.5 Å². The van der Waals surface area contributed by atoms with Crippen LogP contribution < -0.4 is 11.1 Å². The first-order valence-corrected chi connectivity index (χ1v) is 6.95. The summed E-state index contributed by atoms with van der Waals surface area (Å²) in [4.78, 5) is 12.2. The van der Waals surface area contributed by atoms with E-state index in [1.807, 2.05) is 0 Å². The first-order chi connectivity index (χ1) is 9.40. The van der Waals surface area contributed by atoms with Crippen LogP contribution in [0.2, 0.25) is 0 Å². The fourth-order valence-electron chi connectivity index (χ4n) is 1.90. The Hall–Kier alpha value is -1.63. The number of benzene rings is 1. The van der Waals surface area contributed by atoms with Crippen molar-refractivity contribution in [2.24, 2.45) is 10.9 Å². The summed E-state index contributed by atoms with van der Waals surface area (Å²) in [6.07, 6.45) is 0.835. The summed E-state index contributed by atoms with van der Waals surface area (Å²) >= 11 is 3.19. The third-order valence-corrected chi connectivity index (χ3v) is 3.82. The number of amides is 1. The molecule has 1 rings (SSSR count). The smallest absolute Gasteiger partial charge is 0.255 e. The molecule has 20 heavy (non-hydrogen) atoms. The van der Waals surface area contributed by atoms with Crippen molar-refractivity contribution in [3.05, 3.63) is 34.1 Å². The highest BCUT2D eigenvalue weighted by Gasteiger charge is 2.34. The van der Waals surface area contributed by atoms with Crippen molar-refractivity contribution in [1.82, 2.24) is 5.32 Å². The number of nitrogens with two attached hydrogens (primary N) is 1. The molecule has 0 saturated carbocycles. The Balaban J connectivity index is 3.12. The molecule has 0 fully saturated rings. The second kappa shape index (κ2) is 6.69. The highest BCUT2D eigenvalue weighted by molar-refractivity contribution is 9.10. The van der Waals surface area contributed by atoms with Crippen LogP contribution in [0.25, 0.3) is 0 Å². The van der Waals surface area contributed by atoms with E-state index in [1.54, 1.807) is 13.8 Å². The van der Waals surface area contributed by atoms with Crippen LogP contribution in [0.3, 0.4) is 0 Å². The van der Waals surface area contributed by atoms with Crippen LogP contribution in [0.15, 0.2) is 27.8 Å². The van der Waals surface area contributed by atoms with Crippen LogP contribution in [0, 0.1) is 5.82 Å². The maximum atomic E-state index is 13.7. The molecule has 0 atom stereocenters. The van der Waals surface area contributed by atoms with Crippen LogP contribution in [0.5, 0.6) is 0 Å². The summed E-state index contributed by atoms with van der Waals surface area (Å²) in [6.45, 7) is 3.58. The lowest BCUT2D eigenvalue weighted by Gasteiger charge is -2.31. The first-order valence-electron chi connectivity index (χ1n) is 6.15. The van der Waals surface area contributed by atoms with Crippen molar-refractivity contribution in [1.29, 1.82) is 0 Å². The number of nitrogens with one attached hydrogen (secondary N) is 1. The Morgan fingerprint density at radius 1 is 1.50 bits per heavy atom. The zero-order valence-corrected chi connectivity index (χ0v) is 12.9. The largest absolute Gasteiger partial charge is 0.409 e. The van der Waals surface area contributed by atoms with E-state index in [0.29, 0.717) is 17.3 Å². The van der Waals surface area contributed by atoms with Gasteiger partial charge in [-0.3, -0.25) is 4.79 Å². The minimum absolute atomic E-state index is 0.101. The normalized spacial score (nSPS) is 12.3. The standard InChI is InChI=1S/C13H17BrFN3O2/c1-3-13(4-2,12(16)18-20)17-11(19)9-7-8(14)5-6-10(9)15/h5-7,20H,3-4H2,1-2H3,(H2,16,18)(H,17,19). The number of halogens is 2. The number of hydrogen-bond donors (Lipinski definition) is 3. The molecule has 110 valence electrons. The number of nitrogens with zero attached hydrogens (tertiary/aromatic N) is 1. The Morgan fingerprint density at radius 3 is 2.60 bits per heavy atom. The van der Waals surface area contributed by atoms with Crippen LogP contribution in [0.4, 0.5) is 4.39 Å². The molecular formula is C13H17BrFN3O2. The third kappa shape index (κ3) is 3.27. The van der Waals surface area contributed by atoms with Gasteiger partial charge in [-0.05, 0) is 31.0 Å². The predicted molar refractivity (Wildman–Crippen MR) is 78.3 cm³/mol. The lowest BCUT2D eigenvalue weighted by molar-refractivity contribution is 0.0913. The van der Waals surface area contributed by atoms with Crippen LogP contribution in [0.1, 0.15) is 37.0 Å². The fourth-order valence-corrected chi connectivity index (χ4v) is 2.27. The highest BCUT2D eigenvalue weighted by Crippen LogP contribution is 2.19. The van der Waals surface area contributed by atoms with Gasteiger partial charge in [-0.2, -0.15) is 0 Å². The first kappa shape index (κ1) is 16.4. The molecule has 0 bridgehead atoms. The molecule has 7 heteroatoms. The van der Waals surface area contributed by atoms with Gasteiger partial charge in [-0.1, -0.05) is 34.9 Å². The average molecular weight is 346 g/mol. The highest BCUT2D eigenvalue weighted by atomic mass is 79.9. The summed E-state index contributed by atoms with van der Waals surface area (Å²) in [5.41, 5.74) is 4.55. The maximum absolute atomic E-state index is 13.7. The Bertz CT molecular complexity index is 530. The van der Waals surface area contributed by atoms with Gasteiger partial charge >= 0.3 is 0 Å². The molecule has 4 N–H and O–H groups in total. The molecule has 0 aliphatic heterocycles. The number of oxime groups is 1. The van der Waals surface area contributed by atoms with E-state index in [-0.39, 0.29) is 11.4 Å². The molecule has 5 nitrogen and oxygen atoms in total. The van der Waals surface area contributed by atoms with E-state index < -0.39 is 17.3 Å². The zero-order chi connectivity index (χ0) is 15.3. The fraction of sp³-hybridized carbons (Fsp3) is 0.385. The molecule has 1 amide bonds. The molecule has 0 spiro atoms.